The molecule has 180 valence electrons. The number of aliphatic hydroxyl groups is 1. The summed E-state index contributed by atoms with van der Waals surface area (Å²) >= 11 is 0. The summed E-state index contributed by atoms with van der Waals surface area (Å²) in [6.07, 6.45) is 1.63. The molecule has 1 unspecified atom stereocenters. The lowest BCUT2D eigenvalue weighted by atomic mass is 9.91. The van der Waals surface area contributed by atoms with Gasteiger partial charge in [-0.25, -0.2) is 0 Å². The normalized spacial score (nSPS) is 15.1. The third-order valence-electron chi connectivity index (χ3n) is 6.53. The van der Waals surface area contributed by atoms with Crippen LogP contribution in [0.5, 0.6) is 11.5 Å². The van der Waals surface area contributed by atoms with Crippen molar-refractivity contribution in [3.63, 3.8) is 0 Å². The average molecular weight is 455 g/mol. The molecule has 0 radical (unpaired) electrons. The second-order valence-electron chi connectivity index (χ2n) is 8.85. The van der Waals surface area contributed by atoms with Gasteiger partial charge in [-0.1, -0.05) is 12.1 Å². The number of aliphatic hydroxyl groups excluding tert-OH is 1. The molecule has 0 aromatic heterocycles. The van der Waals surface area contributed by atoms with Crippen LogP contribution in [-0.2, 0) is 0 Å². The summed E-state index contributed by atoms with van der Waals surface area (Å²) in [6, 6.07) is 11.9. The number of unbranched alkanes of at least 4 members (excludes halogenated alkanes) is 1. The van der Waals surface area contributed by atoms with Gasteiger partial charge in [0, 0.05) is 43.8 Å². The smallest absolute Gasteiger partial charge is 0.251 e. The van der Waals surface area contributed by atoms with Gasteiger partial charge in [-0.05, 0) is 81.5 Å². The van der Waals surface area contributed by atoms with Crippen LogP contribution in [0, 0.1) is 19.8 Å². The van der Waals surface area contributed by atoms with E-state index in [1.807, 2.05) is 25.1 Å². The highest BCUT2D eigenvalue weighted by Crippen LogP contribution is 2.34. The number of rotatable bonds is 12. The third-order valence-corrected chi connectivity index (χ3v) is 6.53. The van der Waals surface area contributed by atoms with Crippen molar-refractivity contribution in [3.05, 3.63) is 58.7 Å². The van der Waals surface area contributed by atoms with E-state index in [2.05, 4.69) is 43.1 Å². The molecule has 0 bridgehead atoms. The molecule has 1 saturated heterocycles. The molecule has 1 aliphatic heterocycles. The van der Waals surface area contributed by atoms with Crippen molar-refractivity contribution >= 4 is 5.91 Å². The van der Waals surface area contributed by atoms with Gasteiger partial charge in [0.25, 0.3) is 5.91 Å². The summed E-state index contributed by atoms with van der Waals surface area (Å²) in [5.74, 6) is 2.06. The molecule has 2 N–H and O–H groups in total. The lowest BCUT2D eigenvalue weighted by Gasteiger charge is -2.44. The third kappa shape index (κ3) is 6.49. The van der Waals surface area contributed by atoms with E-state index in [0.717, 1.165) is 37.4 Å². The minimum Gasteiger partial charge on any atom is -0.494 e. The maximum absolute atomic E-state index is 12.5. The zero-order valence-electron chi connectivity index (χ0n) is 20.4. The second-order valence-corrected chi connectivity index (χ2v) is 8.85. The largest absolute Gasteiger partial charge is 0.494 e. The topological polar surface area (TPSA) is 71.0 Å². The van der Waals surface area contributed by atoms with E-state index in [1.165, 1.54) is 16.7 Å². The Balaban J connectivity index is 1.48. The average Bonchev–Trinajstić information content (AvgIpc) is 2.78. The van der Waals surface area contributed by atoms with Crippen LogP contribution in [0.1, 0.15) is 59.8 Å². The molecule has 33 heavy (non-hydrogen) atoms. The first-order valence-electron chi connectivity index (χ1n) is 12.0. The number of benzene rings is 2. The van der Waals surface area contributed by atoms with Gasteiger partial charge in [-0.15, -0.1) is 0 Å². The van der Waals surface area contributed by atoms with Gasteiger partial charge in [-0.3, -0.25) is 9.69 Å². The number of hydrogen-bond donors (Lipinski definition) is 2. The van der Waals surface area contributed by atoms with E-state index in [4.69, 9.17) is 14.6 Å². The summed E-state index contributed by atoms with van der Waals surface area (Å²) in [6.45, 7) is 12.5. The SMILES string of the molecule is CCOc1cccc(C(=O)NCC2CN(C(C)c3ccc(OCCCCO)c(C)c3C)C2)c1. The van der Waals surface area contributed by atoms with Crippen molar-refractivity contribution in [1.82, 2.24) is 10.2 Å². The number of carbonyl (C=O) groups excluding carboxylic acids is 1. The van der Waals surface area contributed by atoms with Crippen LogP contribution in [0.25, 0.3) is 0 Å². The Morgan fingerprint density at radius 1 is 1.15 bits per heavy atom. The number of hydrogen-bond acceptors (Lipinski definition) is 5. The molecule has 1 fully saturated rings. The van der Waals surface area contributed by atoms with Crippen LogP contribution in [0.4, 0.5) is 0 Å². The first kappa shape index (κ1) is 25.1. The Morgan fingerprint density at radius 3 is 2.67 bits per heavy atom. The highest BCUT2D eigenvalue weighted by atomic mass is 16.5. The Hall–Kier alpha value is -2.57. The van der Waals surface area contributed by atoms with E-state index in [1.54, 1.807) is 6.07 Å². The fourth-order valence-electron chi connectivity index (χ4n) is 4.31. The molecule has 6 heteroatoms. The van der Waals surface area contributed by atoms with Crippen LogP contribution in [0.15, 0.2) is 36.4 Å². The van der Waals surface area contributed by atoms with Gasteiger partial charge in [0.05, 0.1) is 13.2 Å². The predicted molar refractivity (Wildman–Crippen MR) is 131 cm³/mol. The zero-order chi connectivity index (χ0) is 23.8. The zero-order valence-corrected chi connectivity index (χ0v) is 20.4. The second kappa shape index (κ2) is 12.1. The fourth-order valence-corrected chi connectivity index (χ4v) is 4.31. The summed E-state index contributed by atoms with van der Waals surface area (Å²) in [5, 5.41) is 12.0. The number of amides is 1. The predicted octanol–water partition coefficient (Wildman–Crippen LogP) is 4.28. The van der Waals surface area contributed by atoms with Crippen LogP contribution in [-0.4, -0.2) is 55.4 Å². The van der Waals surface area contributed by atoms with Crippen molar-refractivity contribution in [1.29, 1.82) is 0 Å². The Labute approximate surface area is 197 Å². The number of carbonyl (C=O) groups is 1. The molecule has 1 heterocycles. The van der Waals surface area contributed by atoms with Crippen LogP contribution < -0.4 is 14.8 Å². The molecule has 0 aliphatic carbocycles. The fraction of sp³-hybridized carbons (Fsp3) is 0.519. The maximum atomic E-state index is 12.5. The highest BCUT2D eigenvalue weighted by Gasteiger charge is 2.32. The molecule has 0 saturated carbocycles. The van der Waals surface area contributed by atoms with Crippen molar-refractivity contribution in [2.75, 3.05) is 39.5 Å². The number of nitrogens with one attached hydrogen (secondary N) is 1. The van der Waals surface area contributed by atoms with Crippen molar-refractivity contribution in [3.8, 4) is 11.5 Å². The van der Waals surface area contributed by atoms with E-state index in [0.29, 0.717) is 37.3 Å². The monoisotopic (exact) mass is 454 g/mol. The molecule has 0 spiro atoms. The van der Waals surface area contributed by atoms with Crippen LogP contribution >= 0.6 is 0 Å². The van der Waals surface area contributed by atoms with Crippen molar-refractivity contribution < 1.29 is 19.4 Å². The molecule has 1 aliphatic rings. The number of nitrogens with zero attached hydrogens (tertiary/aromatic N) is 1. The summed E-state index contributed by atoms with van der Waals surface area (Å²) in [7, 11) is 0. The first-order chi connectivity index (χ1) is 15.9. The summed E-state index contributed by atoms with van der Waals surface area (Å²) in [4.78, 5) is 15.0. The molecular weight excluding hydrogens is 416 g/mol. The van der Waals surface area contributed by atoms with Crippen molar-refractivity contribution in [2.24, 2.45) is 5.92 Å². The number of ether oxygens (including phenoxy) is 2. The highest BCUT2D eigenvalue weighted by molar-refractivity contribution is 5.94. The van der Waals surface area contributed by atoms with Gasteiger partial charge in [-0.2, -0.15) is 0 Å². The van der Waals surface area contributed by atoms with E-state index < -0.39 is 0 Å². The lowest BCUT2D eigenvalue weighted by Crippen LogP contribution is -2.52. The number of likely N-dealkylation sites (tertiary alicyclic amines) is 1. The van der Waals surface area contributed by atoms with Crippen LogP contribution in [0.2, 0.25) is 0 Å². The Bertz CT molecular complexity index is 924. The van der Waals surface area contributed by atoms with Gasteiger partial charge < -0.3 is 19.9 Å². The van der Waals surface area contributed by atoms with Gasteiger partial charge in [0.1, 0.15) is 11.5 Å². The Morgan fingerprint density at radius 2 is 1.94 bits per heavy atom. The molecule has 2 aromatic carbocycles. The Kier molecular flexibility index (Phi) is 9.15. The molecule has 1 atom stereocenters. The lowest BCUT2D eigenvalue weighted by molar-refractivity contribution is 0.0569. The quantitative estimate of drug-likeness (QED) is 0.469. The van der Waals surface area contributed by atoms with E-state index in [-0.39, 0.29) is 12.5 Å². The van der Waals surface area contributed by atoms with Gasteiger partial charge in [0.15, 0.2) is 0 Å². The first-order valence-corrected chi connectivity index (χ1v) is 12.0. The molecule has 2 aromatic rings. The summed E-state index contributed by atoms with van der Waals surface area (Å²) < 4.78 is 11.4. The molecule has 3 rings (SSSR count). The van der Waals surface area contributed by atoms with E-state index >= 15 is 0 Å². The minimum absolute atomic E-state index is 0.0518. The van der Waals surface area contributed by atoms with E-state index in [9.17, 15) is 4.79 Å². The summed E-state index contributed by atoms with van der Waals surface area (Å²) in [5.41, 5.74) is 4.41. The van der Waals surface area contributed by atoms with Gasteiger partial charge >= 0.3 is 0 Å². The van der Waals surface area contributed by atoms with Crippen LogP contribution in [0.3, 0.4) is 0 Å². The van der Waals surface area contributed by atoms with Crippen molar-refractivity contribution in [2.45, 2.75) is 46.6 Å². The minimum atomic E-state index is -0.0518. The molecule has 6 nitrogen and oxygen atoms in total. The molecule has 1 amide bonds. The maximum Gasteiger partial charge on any atom is 0.251 e. The standard InChI is InChI=1S/C27H38N2O4/c1-5-32-24-10-8-9-23(15-24)27(31)28-16-22-17-29(18-22)21(4)25-11-12-26(20(3)19(25)2)33-14-7-6-13-30/h8-12,15,21-22,30H,5-7,13-14,16-18H2,1-4H3,(H,28,31). The van der Waals surface area contributed by atoms with Gasteiger partial charge in [0.2, 0.25) is 0 Å². The molecular formula is C27H38N2O4.